The van der Waals surface area contributed by atoms with Crippen molar-refractivity contribution >= 4 is 22.9 Å². The van der Waals surface area contributed by atoms with Crippen LogP contribution in [0.4, 0.5) is 0 Å². The van der Waals surface area contributed by atoms with Crippen LogP contribution in [0.25, 0.3) is 0 Å². The summed E-state index contributed by atoms with van der Waals surface area (Å²) in [5.74, 6) is 0.673. The van der Waals surface area contributed by atoms with Crippen LogP contribution in [-0.2, 0) is 6.54 Å². The van der Waals surface area contributed by atoms with Crippen LogP contribution < -0.4 is 5.73 Å². The van der Waals surface area contributed by atoms with E-state index in [1.165, 1.54) is 11.3 Å². The highest BCUT2D eigenvalue weighted by molar-refractivity contribution is 7.16. The summed E-state index contributed by atoms with van der Waals surface area (Å²) in [5, 5.41) is 11.3. The normalized spacial score (nSPS) is 13.0. The molecule has 0 radical (unpaired) electrons. The van der Waals surface area contributed by atoms with E-state index in [2.05, 4.69) is 15.5 Å². The van der Waals surface area contributed by atoms with Crippen molar-refractivity contribution in [3.63, 3.8) is 0 Å². The second-order valence-corrected chi connectivity index (χ2v) is 4.81. The van der Waals surface area contributed by atoms with Crippen LogP contribution >= 0.6 is 22.9 Å². The minimum absolute atomic E-state index is 0.0658. The Hall–Kier alpha value is -0.980. The molecule has 0 saturated carbocycles. The third kappa shape index (κ3) is 2.01. The molecule has 0 aliphatic rings. The van der Waals surface area contributed by atoms with Crippen molar-refractivity contribution in [2.24, 2.45) is 5.73 Å². The van der Waals surface area contributed by atoms with Crippen molar-refractivity contribution in [1.29, 1.82) is 0 Å². The van der Waals surface area contributed by atoms with Gasteiger partial charge in [-0.3, -0.25) is 0 Å². The van der Waals surface area contributed by atoms with Crippen LogP contribution in [0.1, 0.15) is 23.7 Å². The minimum Gasteiger partial charge on any atom is -0.324 e. The summed E-state index contributed by atoms with van der Waals surface area (Å²) >= 11 is 7.39. The van der Waals surface area contributed by atoms with Gasteiger partial charge in [-0.05, 0) is 29.5 Å². The molecule has 7 heteroatoms. The first-order valence-corrected chi connectivity index (χ1v) is 5.64. The lowest BCUT2D eigenvalue weighted by molar-refractivity contribution is 0.528. The van der Waals surface area contributed by atoms with Crippen LogP contribution in [0.3, 0.4) is 0 Å². The number of hydrogen-bond acceptors (Lipinski definition) is 5. The van der Waals surface area contributed by atoms with Crippen molar-refractivity contribution in [3.8, 4) is 0 Å². The van der Waals surface area contributed by atoms with Gasteiger partial charge in [0.15, 0.2) is 5.82 Å². The largest absolute Gasteiger partial charge is 0.324 e. The maximum atomic E-state index is 5.87. The summed E-state index contributed by atoms with van der Waals surface area (Å²) in [7, 11) is 0. The molecule has 2 N–H and O–H groups in total. The number of tetrazole rings is 1. The van der Waals surface area contributed by atoms with E-state index >= 15 is 0 Å². The zero-order chi connectivity index (χ0) is 10.8. The Morgan fingerprint density at radius 2 is 2.40 bits per heavy atom. The summed E-state index contributed by atoms with van der Waals surface area (Å²) < 4.78 is 2.47. The first-order valence-electron chi connectivity index (χ1n) is 4.44. The highest BCUT2D eigenvalue weighted by Gasteiger charge is 2.15. The zero-order valence-electron chi connectivity index (χ0n) is 8.09. The first-order chi connectivity index (χ1) is 7.22. The predicted octanol–water partition coefficient (Wildman–Crippen LogP) is 1.46. The maximum absolute atomic E-state index is 5.87. The average Bonchev–Trinajstić information content (AvgIpc) is 2.84. The van der Waals surface area contributed by atoms with Gasteiger partial charge in [-0.25, -0.2) is 4.68 Å². The van der Waals surface area contributed by atoms with Gasteiger partial charge in [0.1, 0.15) is 0 Å². The van der Waals surface area contributed by atoms with Gasteiger partial charge in [0.2, 0.25) is 0 Å². The summed E-state index contributed by atoms with van der Waals surface area (Å²) in [4.78, 5) is 1.11. The van der Waals surface area contributed by atoms with E-state index in [1.807, 2.05) is 19.1 Å². The Bertz CT molecular complexity index is 451. The van der Waals surface area contributed by atoms with Gasteiger partial charge in [-0.15, -0.1) is 16.4 Å². The fraction of sp³-hybridized carbons (Fsp3) is 0.375. The SMILES string of the molecule is CC(c1ccc(Cl)s1)n1nnnc1CN. The van der Waals surface area contributed by atoms with Crippen LogP contribution in [0.5, 0.6) is 0 Å². The topological polar surface area (TPSA) is 69.6 Å². The van der Waals surface area contributed by atoms with Gasteiger partial charge in [-0.1, -0.05) is 11.6 Å². The number of halogens is 1. The lowest BCUT2D eigenvalue weighted by Crippen LogP contribution is -2.14. The summed E-state index contributed by atoms with van der Waals surface area (Å²) in [5.41, 5.74) is 5.53. The molecule has 0 spiro atoms. The average molecular weight is 244 g/mol. The molecule has 80 valence electrons. The van der Waals surface area contributed by atoms with E-state index in [1.54, 1.807) is 4.68 Å². The van der Waals surface area contributed by atoms with Gasteiger partial charge >= 0.3 is 0 Å². The molecule has 0 bridgehead atoms. The molecule has 0 aliphatic heterocycles. The number of rotatable bonds is 3. The van der Waals surface area contributed by atoms with Gasteiger partial charge in [-0.2, -0.15) is 0 Å². The molecule has 5 nitrogen and oxygen atoms in total. The molecular weight excluding hydrogens is 234 g/mol. The van der Waals surface area contributed by atoms with Gasteiger partial charge < -0.3 is 5.73 Å². The third-order valence-corrected chi connectivity index (χ3v) is 3.52. The van der Waals surface area contributed by atoms with Crippen LogP contribution in [0.15, 0.2) is 12.1 Å². The van der Waals surface area contributed by atoms with E-state index in [-0.39, 0.29) is 6.04 Å². The summed E-state index contributed by atoms with van der Waals surface area (Å²) in [6.45, 7) is 2.34. The lowest BCUT2D eigenvalue weighted by Gasteiger charge is -2.10. The molecular formula is C8H10ClN5S. The smallest absolute Gasteiger partial charge is 0.165 e. The van der Waals surface area contributed by atoms with E-state index in [0.717, 1.165) is 9.21 Å². The molecule has 0 aromatic carbocycles. The molecule has 0 saturated heterocycles. The first kappa shape index (κ1) is 10.5. The quantitative estimate of drug-likeness (QED) is 0.886. The predicted molar refractivity (Wildman–Crippen MR) is 58.9 cm³/mol. The van der Waals surface area contributed by atoms with Crippen molar-refractivity contribution in [1.82, 2.24) is 20.2 Å². The minimum atomic E-state index is 0.0658. The van der Waals surface area contributed by atoms with Crippen molar-refractivity contribution in [2.45, 2.75) is 19.5 Å². The van der Waals surface area contributed by atoms with E-state index < -0.39 is 0 Å². The number of nitrogens with two attached hydrogens (primary N) is 1. The Morgan fingerprint density at radius 3 is 3.00 bits per heavy atom. The van der Waals surface area contributed by atoms with Crippen LogP contribution in [0, 0.1) is 0 Å². The summed E-state index contributed by atoms with van der Waals surface area (Å²) in [6, 6.07) is 3.90. The maximum Gasteiger partial charge on any atom is 0.165 e. The Morgan fingerprint density at radius 1 is 1.60 bits per heavy atom. The second kappa shape index (κ2) is 4.26. The fourth-order valence-corrected chi connectivity index (χ4v) is 2.42. The molecule has 15 heavy (non-hydrogen) atoms. The van der Waals surface area contributed by atoms with Gasteiger partial charge in [0, 0.05) is 4.88 Å². The highest BCUT2D eigenvalue weighted by Crippen LogP contribution is 2.28. The fourth-order valence-electron chi connectivity index (χ4n) is 1.32. The number of nitrogens with zero attached hydrogens (tertiary/aromatic N) is 4. The third-order valence-electron chi connectivity index (χ3n) is 2.12. The van der Waals surface area contributed by atoms with Crippen molar-refractivity contribution in [2.75, 3.05) is 0 Å². The van der Waals surface area contributed by atoms with Crippen molar-refractivity contribution in [3.05, 3.63) is 27.2 Å². The van der Waals surface area contributed by atoms with Crippen LogP contribution in [-0.4, -0.2) is 20.2 Å². The molecule has 1 unspecified atom stereocenters. The molecule has 0 aliphatic carbocycles. The monoisotopic (exact) mass is 243 g/mol. The van der Waals surface area contributed by atoms with E-state index in [9.17, 15) is 0 Å². The Kier molecular flexibility index (Phi) is 2.99. The van der Waals surface area contributed by atoms with E-state index in [4.69, 9.17) is 17.3 Å². The van der Waals surface area contributed by atoms with E-state index in [0.29, 0.717) is 12.4 Å². The molecule has 1 atom stereocenters. The zero-order valence-corrected chi connectivity index (χ0v) is 9.66. The number of thiophene rings is 1. The van der Waals surface area contributed by atoms with Gasteiger partial charge in [0.05, 0.1) is 16.9 Å². The van der Waals surface area contributed by atoms with Gasteiger partial charge in [0.25, 0.3) is 0 Å². The summed E-state index contributed by atoms with van der Waals surface area (Å²) in [6.07, 6.45) is 0. The second-order valence-electron chi connectivity index (χ2n) is 3.06. The molecule has 2 aromatic rings. The Labute approximate surface area is 95.9 Å². The lowest BCUT2D eigenvalue weighted by atomic mass is 10.3. The number of aromatic nitrogens is 4. The molecule has 2 heterocycles. The van der Waals surface area contributed by atoms with Crippen molar-refractivity contribution < 1.29 is 0 Å². The Balaban J connectivity index is 2.31. The standard InChI is InChI=1S/C8H10ClN5S/c1-5(6-2-3-7(9)15-6)14-8(4-10)11-12-13-14/h2-3,5H,4,10H2,1H3. The molecule has 0 fully saturated rings. The van der Waals surface area contributed by atoms with Crippen LogP contribution in [0.2, 0.25) is 4.34 Å². The number of hydrogen-bond donors (Lipinski definition) is 1. The molecule has 2 rings (SSSR count). The highest BCUT2D eigenvalue weighted by atomic mass is 35.5. The molecule has 0 amide bonds. The molecule has 2 aromatic heterocycles.